The van der Waals surface area contributed by atoms with Gasteiger partial charge in [-0.15, -0.1) is 0 Å². The van der Waals surface area contributed by atoms with Crippen LogP contribution in [0.3, 0.4) is 0 Å². The van der Waals surface area contributed by atoms with Crippen molar-refractivity contribution in [3.63, 3.8) is 0 Å². The highest BCUT2D eigenvalue weighted by molar-refractivity contribution is 7.92. The van der Waals surface area contributed by atoms with Crippen molar-refractivity contribution in [2.24, 2.45) is 0 Å². The van der Waals surface area contributed by atoms with Crippen molar-refractivity contribution in [3.8, 4) is 11.5 Å². The van der Waals surface area contributed by atoms with Crippen LogP contribution in [0.2, 0.25) is 0 Å². The average molecular weight is 435 g/mol. The summed E-state index contributed by atoms with van der Waals surface area (Å²) in [4.78, 5) is 13.0. The number of nitrogens with zero attached hydrogens (tertiary/aromatic N) is 1. The van der Waals surface area contributed by atoms with Gasteiger partial charge in [-0.1, -0.05) is 19.1 Å². The fraction of sp³-hybridized carbons (Fsp3) is 0.409. The predicted octanol–water partition coefficient (Wildman–Crippen LogP) is 3.52. The largest absolute Gasteiger partial charge is 0.497 e. The van der Waals surface area contributed by atoms with E-state index in [1.54, 1.807) is 38.3 Å². The highest BCUT2D eigenvalue weighted by atomic mass is 32.2. The van der Waals surface area contributed by atoms with Gasteiger partial charge in [0.2, 0.25) is 15.9 Å². The Morgan fingerprint density at radius 3 is 2.07 bits per heavy atom. The molecule has 2 aromatic rings. The minimum absolute atomic E-state index is 0.292. The SMILES string of the molecule is CCOc1ccc(N([C@H](CC)C(=O)N[C@H](C)c2ccc(OC)cc2)S(C)(=O)=O)cc1. The lowest BCUT2D eigenvalue weighted by atomic mass is 10.1. The van der Waals surface area contributed by atoms with Crippen LogP contribution in [0.5, 0.6) is 11.5 Å². The van der Waals surface area contributed by atoms with Gasteiger partial charge in [0.15, 0.2) is 0 Å². The number of benzene rings is 2. The van der Waals surface area contributed by atoms with Crippen molar-refractivity contribution in [1.82, 2.24) is 5.32 Å². The van der Waals surface area contributed by atoms with E-state index in [0.717, 1.165) is 17.6 Å². The zero-order valence-corrected chi connectivity index (χ0v) is 18.9. The summed E-state index contributed by atoms with van der Waals surface area (Å²) in [5, 5.41) is 2.93. The molecule has 0 saturated carbocycles. The first-order valence-electron chi connectivity index (χ1n) is 9.87. The number of methoxy groups -OCH3 is 1. The third kappa shape index (κ3) is 5.89. The van der Waals surface area contributed by atoms with E-state index in [2.05, 4.69) is 5.32 Å². The number of anilines is 1. The van der Waals surface area contributed by atoms with E-state index < -0.39 is 16.1 Å². The molecule has 1 amide bonds. The number of nitrogens with one attached hydrogen (secondary N) is 1. The summed E-state index contributed by atoms with van der Waals surface area (Å²) < 4.78 is 36.9. The van der Waals surface area contributed by atoms with Crippen molar-refractivity contribution in [3.05, 3.63) is 54.1 Å². The van der Waals surface area contributed by atoms with Gasteiger partial charge in [0, 0.05) is 0 Å². The topological polar surface area (TPSA) is 84.9 Å². The second-order valence-electron chi connectivity index (χ2n) is 6.91. The minimum atomic E-state index is -3.69. The molecule has 7 nitrogen and oxygen atoms in total. The molecule has 2 atom stereocenters. The lowest BCUT2D eigenvalue weighted by molar-refractivity contribution is -0.122. The van der Waals surface area contributed by atoms with Crippen LogP contribution in [-0.2, 0) is 14.8 Å². The van der Waals surface area contributed by atoms with Crippen molar-refractivity contribution >= 4 is 21.6 Å². The summed E-state index contributed by atoms with van der Waals surface area (Å²) in [5.74, 6) is 1.00. The van der Waals surface area contributed by atoms with Gasteiger partial charge in [-0.3, -0.25) is 9.10 Å². The molecule has 1 N–H and O–H groups in total. The second kappa shape index (κ2) is 10.3. The maximum absolute atomic E-state index is 13.0. The number of ether oxygens (including phenoxy) is 2. The molecule has 0 aromatic heterocycles. The average Bonchev–Trinajstić information content (AvgIpc) is 2.72. The molecule has 0 radical (unpaired) electrons. The number of amides is 1. The lowest BCUT2D eigenvalue weighted by Gasteiger charge is -2.31. The van der Waals surface area contributed by atoms with E-state index >= 15 is 0 Å². The zero-order chi connectivity index (χ0) is 22.3. The molecule has 2 rings (SSSR count). The fourth-order valence-corrected chi connectivity index (χ4v) is 4.41. The third-order valence-corrected chi connectivity index (χ3v) is 5.89. The third-order valence-electron chi connectivity index (χ3n) is 4.71. The Morgan fingerprint density at radius 2 is 1.60 bits per heavy atom. The molecule has 0 unspecified atom stereocenters. The highest BCUT2D eigenvalue weighted by Crippen LogP contribution is 2.26. The number of carbonyl (C=O) groups excluding carboxylic acids is 1. The number of hydrogen-bond acceptors (Lipinski definition) is 5. The Labute approximate surface area is 179 Å². The normalized spacial score (nSPS) is 13.2. The Balaban J connectivity index is 2.26. The molecule has 0 saturated heterocycles. The van der Waals surface area contributed by atoms with Crippen LogP contribution in [0.25, 0.3) is 0 Å². The quantitative estimate of drug-likeness (QED) is 0.618. The van der Waals surface area contributed by atoms with E-state index in [-0.39, 0.29) is 11.9 Å². The summed E-state index contributed by atoms with van der Waals surface area (Å²) in [6.45, 7) is 6.03. The molecule has 0 aliphatic carbocycles. The van der Waals surface area contributed by atoms with E-state index in [1.165, 1.54) is 4.31 Å². The highest BCUT2D eigenvalue weighted by Gasteiger charge is 2.32. The van der Waals surface area contributed by atoms with Crippen LogP contribution in [-0.4, -0.2) is 40.3 Å². The molecule has 0 bridgehead atoms. The minimum Gasteiger partial charge on any atom is -0.497 e. The van der Waals surface area contributed by atoms with Crippen LogP contribution < -0.4 is 19.1 Å². The summed E-state index contributed by atoms with van der Waals surface area (Å²) in [6.07, 6.45) is 1.42. The van der Waals surface area contributed by atoms with Crippen molar-refractivity contribution in [2.75, 3.05) is 24.3 Å². The summed E-state index contributed by atoms with van der Waals surface area (Å²) >= 11 is 0. The van der Waals surface area contributed by atoms with Crippen LogP contribution in [0.4, 0.5) is 5.69 Å². The smallest absolute Gasteiger partial charge is 0.244 e. The van der Waals surface area contributed by atoms with Crippen LogP contribution >= 0.6 is 0 Å². The first-order valence-corrected chi connectivity index (χ1v) is 11.7. The van der Waals surface area contributed by atoms with Crippen molar-refractivity contribution < 1.29 is 22.7 Å². The Kier molecular flexibility index (Phi) is 8.11. The molecule has 0 aliphatic heterocycles. The van der Waals surface area contributed by atoms with Gasteiger partial charge >= 0.3 is 0 Å². The fourth-order valence-electron chi connectivity index (χ4n) is 3.20. The molecule has 0 fully saturated rings. The maximum atomic E-state index is 13.0. The molecular weight excluding hydrogens is 404 g/mol. The van der Waals surface area contributed by atoms with E-state index in [0.29, 0.717) is 24.5 Å². The van der Waals surface area contributed by atoms with Gasteiger partial charge in [0.25, 0.3) is 0 Å². The molecule has 0 spiro atoms. The molecule has 30 heavy (non-hydrogen) atoms. The molecule has 8 heteroatoms. The van der Waals surface area contributed by atoms with Crippen LogP contribution in [0, 0.1) is 0 Å². The molecular formula is C22H30N2O5S. The summed E-state index contributed by atoms with van der Waals surface area (Å²) in [7, 11) is -2.10. The first-order chi connectivity index (χ1) is 14.2. The second-order valence-corrected chi connectivity index (χ2v) is 8.77. The first kappa shape index (κ1) is 23.5. The summed E-state index contributed by atoms with van der Waals surface area (Å²) in [6, 6.07) is 12.9. The van der Waals surface area contributed by atoms with Crippen molar-refractivity contribution in [1.29, 1.82) is 0 Å². The van der Waals surface area contributed by atoms with Gasteiger partial charge in [-0.2, -0.15) is 0 Å². The summed E-state index contributed by atoms with van der Waals surface area (Å²) in [5.41, 5.74) is 1.31. The monoisotopic (exact) mass is 434 g/mol. The van der Waals surface area contributed by atoms with E-state index in [1.807, 2.05) is 38.1 Å². The van der Waals surface area contributed by atoms with Gasteiger partial charge in [0.1, 0.15) is 17.5 Å². The standard InChI is InChI=1S/C22H30N2O5S/c1-6-21(22(25)23-16(3)17-8-12-19(28-4)13-9-17)24(30(5,26)27)18-10-14-20(15-11-18)29-7-2/h8-16,21H,6-7H2,1-5H3,(H,23,25)/t16-,21-/m1/s1. The van der Waals surface area contributed by atoms with E-state index in [9.17, 15) is 13.2 Å². The van der Waals surface area contributed by atoms with E-state index in [4.69, 9.17) is 9.47 Å². The van der Waals surface area contributed by atoms with Gasteiger partial charge in [0.05, 0.1) is 31.7 Å². The number of rotatable bonds is 10. The van der Waals surface area contributed by atoms with Crippen molar-refractivity contribution in [2.45, 2.75) is 39.3 Å². The Hall–Kier alpha value is -2.74. The Morgan fingerprint density at radius 1 is 1.03 bits per heavy atom. The zero-order valence-electron chi connectivity index (χ0n) is 18.1. The number of carbonyl (C=O) groups is 1. The van der Waals surface area contributed by atoms with Gasteiger partial charge in [-0.25, -0.2) is 8.42 Å². The van der Waals surface area contributed by atoms with Gasteiger partial charge in [-0.05, 0) is 62.2 Å². The van der Waals surface area contributed by atoms with Crippen LogP contribution in [0.15, 0.2) is 48.5 Å². The number of sulfonamides is 1. The maximum Gasteiger partial charge on any atom is 0.244 e. The molecule has 0 aliphatic rings. The predicted molar refractivity (Wildman–Crippen MR) is 119 cm³/mol. The number of hydrogen-bond donors (Lipinski definition) is 1. The van der Waals surface area contributed by atoms with Gasteiger partial charge < -0.3 is 14.8 Å². The molecule has 164 valence electrons. The molecule has 0 heterocycles. The van der Waals surface area contributed by atoms with Crippen LogP contribution in [0.1, 0.15) is 38.8 Å². The molecule has 2 aromatic carbocycles. The lowest BCUT2D eigenvalue weighted by Crippen LogP contribution is -2.49. The Bertz CT molecular complexity index is 927.